The van der Waals surface area contributed by atoms with Crippen molar-refractivity contribution in [3.8, 4) is 5.75 Å². The van der Waals surface area contributed by atoms with Gasteiger partial charge >= 0.3 is 0 Å². The SMILES string of the molecule is CCOc1ccc(C2C(C(=O)c3cc4ccccc4o3)=C(O)C(=O)N2c2nnc(SCc3ccc(F)cc3)s2)cc1. The number of para-hydroxylation sites is 1. The molecular formula is C30H22FN3O5S2. The van der Waals surface area contributed by atoms with E-state index in [1.165, 1.54) is 28.8 Å². The number of amides is 1. The van der Waals surface area contributed by atoms with Gasteiger partial charge in [0, 0.05) is 11.1 Å². The van der Waals surface area contributed by atoms with Gasteiger partial charge in [0.25, 0.3) is 5.91 Å². The van der Waals surface area contributed by atoms with Crippen LogP contribution in [0.1, 0.15) is 34.6 Å². The quantitative estimate of drug-likeness (QED) is 0.113. The van der Waals surface area contributed by atoms with Crippen molar-refractivity contribution in [3.63, 3.8) is 0 Å². The zero-order valence-corrected chi connectivity index (χ0v) is 23.2. The molecule has 0 saturated heterocycles. The van der Waals surface area contributed by atoms with E-state index in [9.17, 15) is 19.1 Å². The van der Waals surface area contributed by atoms with Crippen molar-refractivity contribution in [1.82, 2.24) is 10.2 Å². The fraction of sp³-hybridized carbons (Fsp3) is 0.133. The number of thioether (sulfide) groups is 1. The van der Waals surface area contributed by atoms with Crippen LogP contribution in [-0.4, -0.2) is 33.6 Å². The summed E-state index contributed by atoms with van der Waals surface area (Å²) in [6.45, 7) is 2.35. The van der Waals surface area contributed by atoms with Gasteiger partial charge in [0.2, 0.25) is 10.9 Å². The molecule has 2 aromatic heterocycles. The summed E-state index contributed by atoms with van der Waals surface area (Å²) >= 11 is 2.54. The van der Waals surface area contributed by atoms with Crippen LogP contribution in [0.5, 0.6) is 5.75 Å². The van der Waals surface area contributed by atoms with Crippen LogP contribution in [0, 0.1) is 5.82 Å². The first-order valence-electron chi connectivity index (χ1n) is 12.7. The molecule has 8 nitrogen and oxygen atoms in total. The Kier molecular flexibility index (Phi) is 7.29. The molecule has 3 aromatic carbocycles. The smallest absolute Gasteiger partial charge is 0.296 e. The molecule has 0 bridgehead atoms. The number of aromatic nitrogens is 2. The van der Waals surface area contributed by atoms with Crippen molar-refractivity contribution in [2.45, 2.75) is 23.1 Å². The van der Waals surface area contributed by atoms with E-state index in [1.54, 1.807) is 54.6 Å². The minimum absolute atomic E-state index is 0.00569. The molecule has 1 unspecified atom stereocenters. The van der Waals surface area contributed by atoms with Gasteiger partial charge in [-0.15, -0.1) is 10.2 Å². The van der Waals surface area contributed by atoms with Gasteiger partial charge in [0.1, 0.15) is 17.1 Å². The second kappa shape index (κ2) is 11.2. The lowest BCUT2D eigenvalue weighted by molar-refractivity contribution is -0.117. The maximum atomic E-state index is 13.8. The molecular weight excluding hydrogens is 565 g/mol. The zero-order valence-electron chi connectivity index (χ0n) is 21.6. The van der Waals surface area contributed by atoms with Crippen LogP contribution in [0.4, 0.5) is 9.52 Å². The molecule has 6 rings (SSSR count). The first-order chi connectivity index (χ1) is 19.9. The number of ether oxygens (including phenoxy) is 1. The highest BCUT2D eigenvalue weighted by Gasteiger charge is 2.46. The van der Waals surface area contributed by atoms with Gasteiger partial charge in [0.15, 0.2) is 15.9 Å². The number of rotatable bonds is 9. The van der Waals surface area contributed by atoms with E-state index in [1.807, 2.05) is 19.1 Å². The Balaban J connectivity index is 1.35. The number of Topliss-reactive ketones (excluding diaryl/α,β-unsaturated/α-hetero) is 1. The third kappa shape index (κ3) is 5.21. The van der Waals surface area contributed by atoms with Crippen LogP contribution in [0.15, 0.2) is 99.0 Å². The normalized spacial score (nSPS) is 15.2. The Morgan fingerprint density at radius 1 is 1.10 bits per heavy atom. The minimum atomic E-state index is -0.984. The van der Waals surface area contributed by atoms with Gasteiger partial charge in [-0.25, -0.2) is 4.39 Å². The topological polar surface area (TPSA) is 106 Å². The highest BCUT2D eigenvalue weighted by atomic mass is 32.2. The number of benzene rings is 3. The number of anilines is 1. The predicted molar refractivity (Wildman–Crippen MR) is 154 cm³/mol. The molecule has 0 aliphatic carbocycles. The number of hydrogen-bond acceptors (Lipinski definition) is 9. The maximum absolute atomic E-state index is 13.8. The molecule has 0 spiro atoms. The molecule has 3 heterocycles. The summed E-state index contributed by atoms with van der Waals surface area (Å²) < 4.78 is 25.2. The summed E-state index contributed by atoms with van der Waals surface area (Å²) in [7, 11) is 0. The Bertz CT molecular complexity index is 1750. The number of fused-ring (bicyclic) bond motifs is 1. The fourth-order valence-corrected chi connectivity index (χ4v) is 6.40. The third-order valence-corrected chi connectivity index (χ3v) is 8.61. The summed E-state index contributed by atoms with van der Waals surface area (Å²) in [4.78, 5) is 28.6. The van der Waals surface area contributed by atoms with Crippen LogP contribution in [0.25, 0.3) is 11.0 Å². The highest BCUT2D eigenvalue weighted by molar-refractivity contribution is 8.00. The van der Waals surface area contributed by atoms with Gasteiger partial charge in [0.05, 0.1) is 18.2 Å². The Hall–Kier alpha value is -4.48. The van der Waals surface area contributed by atoms with E-state index in [0.29, 0.717) is 33.6 Å². The Morgan fingerprint density at radius 3 is 2.59 bits per heavy atom. The van der Waals surface area contributed by atoms with Crippen molar-refractivity contribution in [3.05, 3.63) is 113 Å². The summed E-state index contributed by atoms with van der Waals surface area (Å²) in [6.07, 6.45) is 0. The van der Waals surface area contributed by atoms with Crippen LogP contribution < -0.4 is 9.64 Å². The number of halogens is 1. The number of ketones is 1. The molecule has 0 saturated carbocycles. The molecule has 41 heavy (non-hydrogen) atoms. The van der Waals surface area contributed by atoms with Gasteiger partial charge < -0.3 is 14.3 Å². The molecule has 5 aromatic rings. The Morgan fingerprint density at radius 2 is 1.85 bits per heavy atom. The lowest BCUT2D eigenvalue weighted by atomic mass is 9.95. The molecule has 1 amide bonds. The van der Waals surface area contributed by atoms with Crippen LogP contribution in [-0.2, 0) is 10.5 Å². The number of hydrogen-bond donors (Lipinski definition) is 1. The van der Waals surface area contributed by atoms with Crippen molar-refractivity contribution < 1.29 is 28.2 Å². The fourth-order valence-electron chi connectivity index (χ4n) is 4.57. The van der Waals surface area contributed by atoms with Crippen molar-refractivity contribution >= 4 is 50.9 Å². The van der Waals surface area contributed by atoms with Gasteiger partial charge in [-0.05, 0) is 54.4 Å². The molecule has 1 aliphatic rings. The minimum Gasteiger partial charge on any atom is -0.503 e. The molecule has 11 heteroatoms. The van der Waals surface area contributed by atoms with Gasteiger partial charge in [-0.1, -0.05) is 65.6 Å². The standard InChI is InChI=1S/C30H22FN3O5S2/c1-2-38-21-13-9-18(10-14-21)25-24(26(35)23-15-19-5-3-4-6-22(19)39-23)27(36)28(37)34(25)29-32-33-30(41-29)40-16-17-7-11-20(31)12-8-17/h3-15,25,36H,2,16H2,1H3. The number of aliphatic hydroxyl groups excluding tert-OH is 1. The van der Waals surface area contributed by atoms with Crippen LogP contribution >= 0.6 is 23.1 Å². The van der Waals surface area contributed by atoms with Crippen molar-refractivity contribution in [2.75, 3.05) is 11.5 Å². The number of carbonyl (C=O) groups excluding carboxylic acids is 2. The van der Waals surface area contributed by atoms with E-state index < -0.39 is 23.5 Å². The van der Waals surface area contributed by atoms with Crippen LogP contribution in [0.2, 0.25) is 0 Å². The van der Waals surface area contributed by atoms with E-state index in [0.717, 1.165) is 22.3 Å². The third-order valence-electron chi connectivity index (χ3n) is 6.49. The lowest BCUT2D eigenvalue weighted by Crippen LogP contribution is -2.31. The van der Waals surface area contributed by atoms with Crippen molar-refractivity contribution in [2.24, 2.45) is 0 Å². The molecule has 0 radical (unpaired) electrons. The number of carbonyl (C=O) groups is 2. The van der Waals surface area contributed by atoms with E-state index in [4.69, 9.17) is 9.15 Å². The largest absolute Gasteiger partial charge is 0.503 e. The maximum Gasteiger partial charge on any atom is 0.296 e. The van der Waals surface area contributed by atoms with Gasteiger partial charge in [-0.2, -0.15) is 0 Å². The number of furan rings is 1. The average Bonchev–Trinajstić information content (AvgIpc) is 3.70. The summed E-state index contributed by atoms with van der Waals surface area (Å²) in [5.41, 5.74) is 1.87. The summed E-state index contributed by atoms with van der Waals surface area (Å²) in [5, 5.41) is 20.5. The number of nitrogens with zero attached hydrogens (tertiary/aromatic N) is 3. The predicted octanol–water partition coefficient (Wildman–Crippen LogP) is 6.90. The second-order valence-electron chi connectivity index (χ2n) is 9.09. The van der Waals surface area contributed by atoms with Gasteiger partial charge in [-0.3, -0.25) is 14.5 Å². The molecule has 1 aliphatic heterocycles. The van der Waals surface area contributed by atoms with E-state index >= 15 is 0 Å². The molecule has 1 N–H and O–H groups in total. The number of aliphatic hydroxyl groups is 1. The lowest BCUT2D eigenvalue weighted by Gasteiger charge is -2.24. The molecule has 0 fully saturated rings. The van der Waals surface area contributed by atoms with Crippen LogP contribution in [0.3, 0.4) is 0 Å². The zero-order chi connectivity index (χ0) is 28.5. The summed E-state index contributed by atoms with van der Waals surface area (Å²) in [5.74, 6) is -1.22. The first-order valence-corrected chi connectivity index (χ1v) is 14.5. The monoisotopic (exact) mass is 587 g/mol. The van der Waals surface area contributed by atoms with Crippen molar-refractivity contribution in [1.29, 1.82) is 0 Å². The first kappa shape index (κ1) is 26.7. The molecule has 1 atom stereocenters. The Labute approximate surface area is 242 Å². The second-order valence-corrected chi connectivity index (χ2v) is 11.3. The highest BCUT2D eigenvalue weighted by Crippen LogP contribution is 2.44. The van der Waals surface area contributed by atoms with E-state index in [2.05, 4.69) is 10.2 Å². The summed E-state index contributed by atoms with van der Waals surface area (Å²) in [6, 6.07) is 20.9. The van der Waals surface area contributed by atoms with E-state index in [-0.39, 0.29) is 22.3 Å². The molecule has 206 valence electrons. The average molecular weight is 588 g/mol.